The molecule has 0 amide bonds. The molecule has 7 heteroatoms. The molecule has 1 fully saturated rings. The van der Waals surface area contributed by atoms with E-state index >= 15 is 0 Å². The van der Waals surface area contributed by atoms with Crippen molar-refractivity contribution in [3.63, 3.8) is 0 Å². The highest BCUT2D eigenvalue weighted by molar-refractivity contribution is 5.94. The summed E-state index contributed by atoms with van der Waals surface area (Å²) in [6, 6.07) is 21.7. The number of nitrogens with one attached hydrogen (secondary N) is 1. The fraction of sp³-hybridized carbons (Fsp3) is 0.231. The van der Waals surface area contributed by atoms with Crippen LogP contribution in [0.5, 0.6) is 0 Å². The Balaban J connectivity index is 1.24. The molecule has 0 radical (unpaired) electrons. The molecular weight excluding hydrogens is 419 g/mol. The summed E-state index contributed by atoms with van der Waals surface area (Å²) in [4.78, 5) is 32.5. The molecule has 3 aromatic carbocycles. The van der Waals surface area contributed by atoms with Gasteiger partial charge in [-0.1, -0.05) is 48.5 Å². The maximum atomic E-state index is 13.8. The van der Waals surface area contributed by atoms with Crippen molar-refractivity contribution < 1.29 is 4.39 Å². The van der Waals surface area contributed by atoms with Gasteiger partial charge in [-0.15, -0.1) is 0 Å². The zero-order valence-corrected chi connectivity index (χ0v) is 18.2. The molecule has 0 aliphatic carbocycles. The maximum Gasteiger partial charge on any atom is 0.328 e. The number of rotatable bonds is 5. The van der Waals surface area contributed by atoms with Gasteiger partial charge in [0.2, 0.25) is 0 Å². The molecule has 6 nitrogen and oxygen atoms in total. The lowest BCUT2D eigenvalue weighted by Gasteiger charge is -2.36. The number of nitrogens with zero attached hydrogens (tertiary/aromatic N) is 3. The summed E-state index contributed by atoms with van der Waals surface area (Å²) in [6.07, 6.45) is 0. The van der Waals surface area contributed by atoms with E-state index in [0.717, 1.165) is 48.2 Å². The summed E-state index contributed by atoms with van der Waals surface area (Å²) in [5.74, 6) is -0.234. The van der Waals surface area contributed by atoms with Crippen molar-refractivity contribution in [1.29, 1.82) is 0 Å². The van der Waals surface area contributed by atoms with Crippen LogP contribution in [0.25, 0.3) is 22.0 Å². The van der Waals surface area contributed by atoms with E-state index in [9.17, 15) is 14.0 Å². The topological polar surface area (TPSA) is 61.3 Å². The highest BCUT2D eigenvalue weighted by atomic mass is 19.1. The van der Waals surface area contributed by atoms with Crippen molar-refractivity contribution in [3.05, 3.63) is 99.5 Å². The predicted octanol–water partition coefficient (Wildman–Crippen LogP) is 3.32. The molecule has 1 aliphatic rings. The second kappa shape index (κ2) is 9.03. The minimum Gasteiger partial charge on any atom is -0.368 e. The molecule has 0 unspecified atom stereocenters. The summed E-state index contributed by atoms with van der Waals surface area (Å²) in [7, 11) is 0. The quantitative estimate of drug-likeness (QED) is 0.513. The smallest absolute Gasteiger partial charge is 0.328 e. The Morgan fingerprint density at radius 1 is 0.818 bits per heavy atom. The number of piperazine rings is 1. The van der Waals surface area contributed by atoms with Crippen molar-refractivity contribution in [2.45, 2.75) is 6.54 Å². The SMILES string of the molecule is O=c1cc(-c2ccccc2)[nH]c(=O)n1CCN1CCN(c2cccc3ccc(F)cc23)CC1. The molecule has 1 saturated heterocycles. The van der Waals surface area contributed by atoms with Crippen LogP contribution < -0.4 is 16.1 Å². The van der Waals surface area contributed by atoms with Crippen LogP contribution in [-0.4, -0.2) is 47.2 Å². The molecule has 1 aliphatic heterocycles. The van der Waals surface area contributed by atoms with Gasteiger partial charge in [-0.05, 0) is 29.1 Å². The molecule has 33 heavy (non-hydrogen) atoms. The molecule has 0 bridgehead atoms. The van der Waals surface area contributed by atoms with Crippen LogP contribution >= 0.6 is 0 Å². The van der Waals surface area contributed by atoms with E-state index in [0.29, 0.717) is 18.8 Å². The largest absolute Gasteiger partial charge is 0.368 e. The summed E-state index contributed by atoms with van der Waals surface area (Å²) in [6.45, 7) is 4.16. The first-order valence-electron chi connectivity index (χ1n) is 11.1. The van der Waals surface area contributed by atoms with Crippen LogP contribution in [0.2, 0.25) is 0 Å². The van der Waals surface area contributed by atoms with Gasteiger partial charge in [0.05, 0.1) is 5.69 Å². The number of H-pyrrole nitrogens is 1. The molecule has 0 spiro atoms. The Kier molecular flexibility index (Phi) is 5.79. The lowest BCUT2D eigenvalue weighted by Crippen LogP contribution is -2.48. The summed E-state index contributed by atoms with van der Waals surface area (Å²) >= 11 is 0. The molecule has 1 N–H and O–H groups in total. The van der Waals surface area contributed by atoms with Crippen LogP contribution in [0, 0.1) is 5.82 Å². The average molecular weight is 445 g/mol. The zero-order chi connectivity index (χ0) is 22.8. The van der Waals surface area contributed by atoms with E-state index in [1.54, 1.807) is 6.07 Å². The number of hydrogen-bond acceptors (Lipinski definition) is 4. The third kappa shape index (κ3) is 4.45. The fourth-order valence-corrected chi connectivity index (χ4v) is 4.46. The van der Waals surface area contributed by atoms with Gasteiger partial charge < -0.3 is 9.88 Å². The van der Waals surface area contributed by atoms with Crippen LogP contribution in [0.15, 0.2) is 82.4 Å². The Labute approximate surface area is 190 Å². The van der Waals surface area contributed by atoms with Gasteiger partial charge in [-0.25, -0.2) is 9.18 Å². The number of hydrogen-bond donors (Lipinski definition) is 1. The van der Waals surface area contributed by atoms with Gasteiger partial charge in [-0.2, -0.15) is 0 Å². The molecule has 1 aromatic heterocycles. The first-order chi connectivity index (χ1) is 16.1. The van der Waals surface area contributed by atoms with Gasteiger partial charge in [-0.3, -0.25) is 14.3 Å². The van der Waals surface area contributed by atoms with Crippen LogP contribution in [0.3, 0.4) is 0 Å². The number of aromatic nitrogens is 2. The third-order valence-corrected chi connectivity index (χ3v) is 6.28. The van der Waals surface area contributed by atoms with Gasteiger partial charge in [0.25, 0.3) is 5.56 Å². The standard InChI is InChI=1S/C26H25FN4O2/c27-21-10-9-19-7-4-8-24(22(19)17-21)30-14-11-29(12-15-30)13-16-31-25(32)18-23(28-26(31)33)20-5-2-1-3-6-20/h1-10,17-18H,11-16H2,(H,28,33). The van der Waals surface area contributed by atoms with Crippen molar-refractivity contribution in [1.82, 2.24) is 14.5 Å². The van der Waals surface area contributed by atoms with E-state index in [1.807, 2.05) is 54.6 Å². The van der Waals surface area contributed by atoms with Crippen LogP contribution in [-0.2, 0) is 6.54 Å². The molecular formula is C26H25FN4O2. The summed E-state index contributed by atoms with van der Waals surface area (Å²) in [5, 5.41) is 1.94. The van der Waals surface area contributed by atoms with Gasteiger partial charge >= 0.3 is 5.69 Å². The van der Waals surface area contributed by atoms with E-state index < -0.39 is 5.69 Å². The van der Waals surface area contributed by atoms with E-state index in [-0.39, 0.29) is 11.4 Å². The summed E-state index contributed by atoms with van der Waals surface area (Å²) < 4.78 is 15.1. The van der Waals surface area contributed by atoms with Crippen molar-refractivity contribution in [3.8, 4) is 11.3 Å². The van der Waals surface area contributed by atoms with Gasteiger partial charge in [0, 0.05) is 56.4 Å². The molecule has 5 rings (SSSR count). The molecule has 0 atom stereocenters. The van der Waals surface area contributed by atoms with Crippen molar-refractivity contribution >= 4 is 16.5 Å². The minimum atomic E-state index is -0.391. The van der Waals surface area contributed by atoms with Crippen LogP contribution in [0.1, 0.15) is 0 Å². The van der Waals surface area contributed by atoms with Crippen molar-refractivity contribution in [2.75, 3.05) is 37.6 Å². The second-order valence-corrected chi connectivity index (χ2v) is 8.32. The lowest BCUT2D eigenvalue weighted by atomic mass is 10.1. The number of benzene rings is 3. The van der Waals surface area contributed by atoms with Crippen LogP contribution in [0.4, 0.5) is 10.1 Å². The number of fused-ring (bicyclic) bond motifs is 1. The molecule has 2 heterocycles. The second-order valence-electron chi connectivity index (χ2n) is 8.32. The van der Waals surface area contributed by atoms with Gasteiger partial charge in [0.1, 0.15) is 5.82 Å². The summed E-state index contributed by atoms with van der Waals surface area (Å²) in [5.41, 5.74) is 1.69. The van der Waals surface area contributed by atoms with E-state index in [2.05, 4.69) is 14.8 Å². The normalized spacial score (nSPS) is 14.6. The monoisotopic (exact) mass is 444 g/mol. The number of halogens is 1. The van der Waals surface area contributed by atoms with Gasteiger partial charge in [0.15, 0.2) is 0 Å². The zero-order valence-electron chi connectivity index (χ0n) is 18.2. The minimum absolute atomic E-state index is 0.234. The van der Waals surface area contributed by atoms with E-state index in [1.165, 1.54) is 16.7 Å². The first kappa shape index (κ1) is 21.2. The highest BCUT2D eigenvalue weighted by Crippen LogP contribution is 2.28. The molecule has 168 valence electrons. The van der Waals surface area contributed by atoms with E-state index in [4.69, 9.17) is 0 Å². The Morgan fingerprint density at radius 3 is 2.36 bits per heavy atom. The molecule has 4 aromatic rings. The Morgan fingerprint density at radius 2 is 1.61 bits per heavy atom. The Hall–Kier alpha value is -3.71. The Bertz CT molecular complexity index is 1360. The van der Waals surface area contributed by atoms with Crippen molar-refractivity contribution in [2.24, 2.45) is 0 Å². The molecule has 0 saturated carbocycles. The number of aromatic amines is 1. The first-order valence-corrected chi connectivity index (χ1v) is 11.1. The predicted molar refractivity (Wildman–Crippen MR) is 129 cm³/mol. The lowest BCUT2D eigenvalue weighted by molar-refractivity contribution is 0.246. The number of anilines is 1. The average Bonchev–Trinajstić information content (AvgIpc) is 2.84. The highest BCUT2D eigenvalue weighted by Gasteiger charge is 2.19. The third-order valence-electron chi connectivity index (χ3n) is 6.28. The maximum absolute atomic E-state index is 13.8. The fourth-order valence-electron chi connectivity index (χ4n) is 4.46.